The number of carbonyl (C=O) groups is 2. The lowest BCUT2D eigenvalue weighted by molar-refractivity contribution is -0.116. The highest BCUT2D eigenvalue weighted by molar-refractivity contribution is 7.99. The maximum Gasteiger partial charge on any atom is 0.224 e. The third-order valence-corrected chi connectivity index (χ3v) is 6.89. The minimum absolute atomic E-state index is 0.0744. The summed E-state index contributed by atoms with van der Waals surface area (Å²) in [6.07, 6.45) is 3.25. The van der Waals surface area contributed by atoms with E-state index in [0.717, 1.165) is 41.7 Å². The van der Waals surface area contributed by atoms with Crippen LogP contribution in [0.1, 0.15) is 43.0 Å². The number of hydrogen-bond acceptors (Lipinski definition) is 7. The summed E-state index contributed by atoms with van der Waals surface area (Å²) in [5, 5.41) is 12.6. The first kappa shape index (κ1) is 24.9. The number of Topliss-reactive ketones (excluding diaryl/α,β-unsaturated/α-hetero) is 1. The quantitative estimate of drug-likeness (QED) is 0.231. The van der Waals surface area contributed by atoms with E-state index in [0.29, 0.717) is 36.4 Å². The van der Waals surface area contributed by atoms with Crippen molar-refractivity contribution in [3.63, 3.8) is 0 Å². The minimum atomic E-state index is -0.112. The molecule has 0 radical (unpaired) electrons. The number of amides is 1. The third kappa shape index (κ3) is 6.49. The number of ketones is 1. The van der Waals surface area contributed by atoms with Crippen molar-refractivity contribution in [2.75, 3.05) is 24.8 Å². The van der Waals surface area contributed by atoms with Gasteiger partial charge in [0.1, 0.15) is 5.75 Å². The van der Waals surface area contributed by atoms with Crippen LogP contribution in [0.3, 0.4) is 0 Å². The smallest absolute Gasteiger partial charge is 0.224 e. The molecule has 0 bridgehead atoms. The molecule has 0 saturated carbocycles. The molecule has 1 aliphatic rings. The minimum Gasteiger partial charge on any atom is -0.497 e. The Morgan fingerprint density at radius 3 is 2.69 bits per heavy atom. The highest BCUT2D eigenvalue weighted by Crippen LogP contribution is 2.28. The van der Waals surface area contributed by atoms with Crippen LogP contribution in [0.15, 0.2) is 53.7 Å². The van der Waals surface area contributed by atoms with Gasteiger partial charge in [-0.15, -0.1) is 10.2 Å². The van der Waals surface area contributed by atoms with E-state index in [-0.39, 0.29) is 17.8 Å². The van der Waals surface area contributed by atoms with Gasteiger partial charge in [0.15, 0.2) is 16.8 Å². The number of nitrogens with one attached hydrogen (secondary N) is 1. The van der Waals surface area contributed by atoms with Crippen molar-refractivity contribution in [1.29, 1.82) is 0 Å². The van der Waals surface area contributed by atoms with Crippen LogP contribution in [0, 0.1) is 0 Å². The van der Waals surface area contributed by atoms with Crippen LogP contribution in [0.25, 0.3) is 11.4 Å². The van der Waals surface area contributed by atoms with Gasteiger partial charge >= 0.3 is 0 Å². The van der Waals surface area contributed by atoms with Crippen LogP contribution >= 0.6 is 11.8 Å². The number of benzene rings is 2. The summed E-state index contributed by atoms with van der Waals surface area (Å²) in [5.41, 5.74) is 2.04. The molecule has 184 valence electrons. The summed E-state index contributed by atoms with van der Waals surface area (Å²) in [6.45, 7) is 2.97. The number of aromatic nitrogens is 3. The first-order valence-electron chi connectivity index (χ1n) is 11.8. The predicted molar refractivity (Wildman–Crippen MR) is 136 cm³/mol. The molecule has 1 unspecified atom stereocenters. The topological polar surface area (TPSA) is 95.3 Å². The lowest BCUT2D eigenvalue weighted by Gasteiger charge is -2.15. The largest absolute Gasteiger partial charge is 0.497 e. The number of ether oxygens (including phenoxy) is 2. The number of thioether (sulfide) groups is 1. The highest BCUT2D eigenvalue weighted by Gasteiger charge is 2.22. The lowest BCUT2D eigenvalue weighted by Crippen LogP contribution is -2.17. The van der Waals surface area contributed by atoms with Crippen LogP contribution in [-0.2, 0) is 16.1 Å². The second-order valence-corrected chi connectivity index (χ2v) is 9.44. The Bertz CT molecular complexity index is 1160. The summed E-state index contributed by atoms with van der Waals surface area (Å²) in [5.74, 6) is 2.12. The fourth-order valence-electron chi connectivity index (χ4n) is 4.01. The summed E-state index contributed by atoms with van der Waals surface area (Å²) in [7, 11) is 1.64. The van der Waals surface area contributed by atoms with Gasteiger partial charge in [0, 0.05) is 29.9 Å². The average Bonchev–Trinajstić information content (AvgIpc) is 3.53. The van der Waals surface area contributed by atoms with Crippen LogP contribution in [0.2, 0.25) is 0 Å². The Morgan fingerprint density at radius 2 is 1.97 bits per heavy atom. The van der Waals surface area contributed by atoms with Crippen molar-refractivity contribution in [2.45, 2.75) is 50.4 Å². The number of para-hydroxylation sites is 1. The molecular weight excluding hydrogens is 464 g/mol. The second kappa shape index (κ2) is 12.0. The van der Waals surface area contributed by atoms with Crippen LogP contribution < -0.4 is 10.1 Å². The number of anilines is 1. The van der Waals surface area contributed by atoms with Gasteiger partial charge in [-0.2, -0.15) is 0 Å². The van der Waals surface area contributed by atoms with Crippen molar-refractivity contribution in [2.24, 2.45) is 0 Å². The SMILES string of the molecule is COc1ccc(-c2nnc(SCCCC(=O)Nc3ccccc3C(C)=O)n2CC2CCCO2)cc1. The number of nitrogens with zero attached hydrogens (tertiary/aromatic N) is 3. The Morgan fingerprint density at radius 1 is 1.17 bits per heavy atom. The Labute approximate surface area is 209 Å². The normalized spacial score (nSPS) is 15.2. The maximum atomic E-state index is 12.4. The van der Waals surface area contributed by atoms with Crippen molar-refractivity contribution in [1.82, 2.24) is 14.8 Å². The predicted octanol–water partition coefficient (Wildman–Crippen LogP) is 4.85. The maximum absolute atomic E-state index is 12.4. The number of rotatable bonds is 11. The van der Waals surface area contributed by atoms with Crippen molar-refractivity contribution < 1.29 is 19.1 Å². The Kier molecular flexibility index (Phi) is 8.54. The molecule has 9 heteroatoms. The van der Waals surface area contributed by atoms with Crippen molar-refractivity contribution >= 4 is 29.1 Å². The summed E-state index contributed by atoms with van der Waals surface area (Å²) >= 11 is 1.58. The molecule has 1 saturated heterocycles. The van der Waals surface area contributed by atoms with Gasteiger partial charge in [0.2, 0.25) is 5.91 Å². The molecule has 1 aromatic heterocycles. The van der Waals surface area contributed by atoms with Crippen molar-refractivity contribution in [3.05, 3.63) is 54.1 Å². The van der Waals surface area contributed by atoms with E-state index in [2.05, 4.69) is 20.1 Å². The molecule has 1 amide bonds. The monoisotopic (exact) mass is 494 g/mol. The highest BCUT2D eigenvalue weighted by atomic mass is 32.2. The van der Waals surface area contributed by atoms with Crippen LogP contribution in [0.5, 0.6) is 5.75 Å². The van der Waals surface area contributed by atoms with E-state index in [1.54, 1.807) is 43.1 Å². The average molecular weight is 495 g/mol. The van der Waals surface area contributed by atoms with Gasteiger partial charge in [-0.25, -0.2) is 0 Å². The summed E-state index contributed by atoms with van der Waals surface area (Å²) in [6, 6.07) is 14.8. The molecule has 8 nitrogen and oxygen atoms in total. The van der Waals surface area contributed by atoms with Crippen molar-refractivity contribution in [3.8, 4) is 17.1 Å². The molecule has 3 aromatic rings. The molecule has 1 aliphatic heterocycles. The molecule has 0 spiro atoms. The van der Waals surface area contributed by atoms with E-state index in [1.807, 2.05) is 24.3 Å². The zero-order chi connectivity index (χ0) is 24.6. The first-order valence-corrected chi connectivity index (χ1v) is 12.8. The zero-order valence-electron chi connectivity index (χ0n) is 20.0. The zero-order valence-corrected chi connectivity index (χ0v) is 20.8. The summed E-state index contributed by atoms with van der Waals surface area (Å²) in [4.78, 5) is 24.2. The molecule has 4 rings (SSSR count). The number of carbonyl (C=O) groups excluding carboxylic acids is 2. The van der Waals surface area contributed by atoms with Crippen LogP contribution in [0.4, 0.5) is 5.69 Å². The Balaban J connectivity index is 1.38. The summed E-state index contributed by atoms with van der Waals surface area (Å²) < 4.78 is 13.3. The molecule has 2 aromatic carbocycles. The van der Waals surface area contributed by atoms with E-state index >= 15 is 0 Å². The number of methoxy groups -OCH3 is 1. The number of hydrogen-bond donors (Lipinski definition) is 1. The van der Waals surface area contributed by atoms with Crippen LogP contribution in [-0.4, -0.2) is 52.0 Å². The second-order valence-electron chi connectivity index (χ2n) is 8.38. The molecule has 1 atom stereocenters. The third-order valence-electron chi connectivity index (χ3n) is 5.84. The fourth-order valence-corrected chi connectivity index (χ4v) is 4.90. The molecule has 0 aliphatic carbocycles. The van der Waals surface area contributed by atoms with E-state index in [4.69, 9.17) is 9.47 Å². The molecule has 2 heterocycles. The van der Waals surface area contributed by atoms with Gasteiger partial charge in [-0.05, 0) is 62.6 Å². The van der Waals surface area contributed by atoms with Gasteiger partial charge in [0.05, 0.1) is 25.4 Å². The van der Waals surface area contributed by atoms with Gasteiger partial charge in [0.25, 0.3) is 0 Å². The van der Waals surface area contributed by atoms with Gasteiger partial charge in [-0.1, -0.05) is 23.9 Å². The first-order chi connectivity index (χ1) is 17.0. The fraction of sp³-hybridized carbons (Fsp3) is 0.385. The van der Waals surface area contributed by atoms with E-state index < -0.39 is 0 Å². The van der Waals surface area contributed by atoms with Gasteiger partial charge in [-0.3, -0.25) is 14.2 Å². The Hall–Kier alpha value is -3.17. The molecule has 1 N–H and O–H groups in total. The standard InChI is InChI=1S/C26H30N4O4S/c1-18(31)22-8-3-4-9-23(22)27-24(32)10-6-16-35-26-29-28-25(19-11-13-20(33-2)14-12-19)30(26)17-21-7-5-15-34-21/h3-4,8-9,11-14,21H,5-7,10,15-17H2,1-2H3,(H,27,32). The van der Waals surface area contributed by atoms with Gasteiger partial charge < -0.3 is 14.8 Å². The lowest BCUT2D eigenvalue weighted by atomic mass is 10.1. The van der Waals surface area contributed by atoms with E-state index in [1.165, 1.54) is 6.92 Å². The molecular formula is C26H30N4O4S. The molecule has 1 fully saturated rings. The van der Waals surface area contributed by atoms with E-state index in [9.17, 15) is 9.59 Å². The molecule has 35 heavy (non-hydrogen) atoms.